The minimum absolute atomic E-state index is 0.00786. The molecule has 118 valence electrons. The van der Waals surface area contributed by atoms with Gasteiger partial charge in [0, 0.05) is 18.2 Å². The largest absolute Gasteiger partial charge is 0.341 e. The number of benzene rings is 1. The van der Waals surface area contributed by atoms with Crippen molar-refractivity contribution in [3.63, 3.8) is 0 Å². The second kappa shape index (κ2) is 7.46. The van der Waals surface area contributed by atoms with Gasteiger partial charge in [-0.2, -0.15) is 8.78 Å². The first-order valence-corrected chi connectivity index (χ1v) is 7.97. The fourth-order valence-electron chi connectivity index (χ4n) is 1.74. The Morgan fingerprint density at radius 3 is 2.29 bits per heavy atom. The highest BCUT2D eigenvalue weighted by Crippen LogP contribution is 2.20. The molecule has 2 N–H and O–H groups in total. The fourth-order valence-corrected chi connectivity index (χ4v) is 2.46. The number of alkyl halides is 2. The van der Waals surface area contributed by atoms with E-state index in [9.17, 15) is 22.0 Å². The quantitative estimate of drug-likeness (QED) is 0.806. The molecule has 0 spiro atoms. The third-order valence-corrected chi connectivity index (χ3v) is 4.14. The normalized spacial score (nSPS) is 13.2. The monoisotopic (exact) mass is 320 g/mol. The van der Waals surface area contributed by atoms with Crippen molar-refractivity contribution in [3.8, 4) is 0 Å². The van der Waals surface area contributed by atoms with E-state index in [1.54, 1.807) is 0 Å². The van der Waals surface area contributed by atoms with E-state index in [0.717, 1.165) is 18.7 Å². The van der Waals surface area contributed by atoms with Gasteiger partial charge >= 0.3 is 5.76 Å². The number of carbonyl (C=O) groups is 1. The molecular formula is C13H18F2N2O3S. The second-order valence-electron chi connectivity index (χ2n) is 4.54. The van der Waals surface area contributed by atoms with Gasteiger partial charge in [-0.3, -0.25) is 4.79 Å². The summed E-state index contributed by atoms with van der Waals surface area (Å²) in [5.74, 6) is -3.70. The van der Waals surface area contributed by atoms with Crippen LogP contribution in [0.25, 0.3) is 0 Å². The van der Waals surface area contributed by atoms with Gasteiger partial charge in [-0.05, 0) is 37.7 Å². The van der Waals surface area contributed by atoms with Gasteiger partial charge in [0.2, 0.25) is 15.7 Å². The molecule has 1 aromatic rings. The predicted molar refractivity (Wildman–Crippen MR) is 76.0 cm³/mol. The van der Waals surface area contributed by atoms with Gasteiger partial charge in [-0.1, -0.05) is 6.92 Å². The Kier molecular flexibility index (Phi) is 6.22. The Morgan fingerprint density at radius 2 is 1.81 bits per heavy atom. The number of anilines is 1. The zero-order valence-electron chi connectivity index (χ0n) is 11.8. The minimum Gasteiger partial charge on any atom is -0.326 e. The molecule has 21 heavy (non-hydrogen) atoms. The van der Waals surface area contributed by atoms with Gasteiger partial charge in [0.25, 0.3) is 0 Å². The summed E-state index contributed by atoms with van der Waals surface area (Å²) in [6, 6.07) is 4.67. The van der Waals surface area contributed by atoms with Crippen LogP contribution in [-0.2, 0) is 14.6 Å². The molecule has 8 heteroatoms. The lowest BCUT2D eigenvalue weighted by molar-refractivity contribution is -0.116. The average Bonchev–Trinajstić information content (AvgIpc) is 2.39. The maximum absolute atomic E-state index is 12.4. The highest BCUT2D eigenvalue weighted by Gasteiger charge is 2.26. The molecule has 5 nitrogen and oxygen atoms in total. The van der Waals surface area contributed by atoms with Crippen molar-refractivity contribution in [2.45, 2.75) is 37.0 Å². The fraction of sp³-hybridized carbons (Fsp3) is 0.462. The van der Waals surface area contributed by atoms with Crippen molar-refractivity contribution >= 4 is 21.4 Å². The topological polar surface area (TPSA) is 75.3 Å². The summed E-state index contributed by atoms with van der Waals surface area (Å²) in [4.78, 5) is 11.2. The Bertz CT molecular complexity index is 574. The first-order valence-electron chi connectivity index (χ1n) is 6.42. The van der Waals surface area contributed by atoms with Crippen molar-refractivity contribution in [1.29, 1.82) is 0 Å². The molecule has 0 saturated carbocycles. The molecule has 1 aromatic carbocycles. The van der Waals surface area contributed by atoms with E-state index in [2.05, 4.69) is 10.6 Å². The molecule has 0 fully saturated rings. The van der Waals surface area contributed by atoms with Crippen LogP contribution < -0.4 is 10.6 Å². The summed E-state index contributed by atoms with van der Waals surface area (Å²) in [7, 11) is -4.60. The molecule has 1 atom stereocenters. The lowest BCUT2D eigenvalue weighted by Gasteiger charge is -2.12. The van der Waals surface area contributed by atoms with Gasteiger partial charge in [0.05, 0.1) is 4.90 Å². The van der Waals surface area contributed by atoms with Gasteiger partial charge in [-0.15, -0.1) is 0 Å². The van der Waals surface area contributed by atoms with Crippen LogP contribution in [0, 0.1) is 0 Å². The lowest BCUT2D eigenvalue weighted by Crippen LogP contribution is -2.30. The Hall–Kier alpha value is -1.54. The Balaban J connectivity index is 2.69. The van der Waals surface area contributed by atoms with Gasteiger partial charge < -0.3 is 10.6 Å². The van der Waals surface area contributed by atoms with Crippen molar-refractivity contribution in [2.75, 3.05) is 11.9 Å². The van der Waals surface area contributed by atoms with E-state index >= 15 is 0 Å². The summed E-state index contributed by atoms with van der Waals surface area (Å²) in [6.07, 6.45) is 0.255. The molecule has 0 aliphatic rings. The second-order valence-corrected chi connectivity index (χ2v) is 6.46. The number of nitrogens with one attached hydrogen (secondary N) is 2. The number of hydrogen-bond donors (Lipinski definition) is 2. The molecule has 0 bridgehead atoms. The van der Waals surface area contributed by atoms with Crippen LogP contribution in [0.3, 0.4) is 0 Å². The van der Waals surface area contributed by atoms with Crippen LogP contribution in [0.2, 0.25) is 0 Å². The molecule has 1 unspecified atom stereocenters. The number of amides is 1. The Labute approximate surface area is 122 Å². The predicted octanol–water partition coefficient (Wildman–Crippen LogP) is 2.01. The third-order valence-electron chi connectivity index (χ3n) is 2.75. The van der Waals surface area contributed by atoms with Gasteiger partial charge in [0.15, 0.2) is 0 Å². The standard InChI is InChI=1S/C13H18F2N2O3S/c1-3-16-9(2)8-12(18)17-10-4-6-11(7-5-10)21(19,20)13(14)15/h4-7,9,13,16H,3,8H2,1-2H3,(H,17,18). The molecule has 0 aliphatic heterocycles. The summed E-state index contributed by atoms with van der Waals surface area (Å²) >= 11 is 0. The first-order chi connectivity index (χ1) is 9.77. The number of halogens is 2. The van der Waals surface area contributed by atoms with Crippen molar-refractivity contribution < 1.29 is 22.0 Å². The summed E-state index contributed by atoms with van der Waals surface area (Å²) in [5, 5.41) is 5.66. The van der Waals surface area contributed by atoms with Gasteiger partial charge in [0.1, 0.15) is 0 Å². The molecule has 0 aliphatic carbocycles. The van der Waals surface area contributed by atoms with E-state index in [4.69, 9.17) is 0 Å². The van der Waals surface area contributed by atoms with Crippen LogP contribution in [0.15, 0.2) is 29.2 Å². The average molecular weight is 320 g/mol. The number of sulfone groups is 1. The number of hydrogen-bond acceptors (Lipinski definition) is 4. The van der Waals surface area contributed by atoms with Crippen molar-refractivity contribution in [2.24, 2.45) is 0 Å². The Morgan fingerprint density at radius 1 is 1.24 bits per heavy atom. The molecule has 0 radical (unpaired) electrons. The van der Waals surface area contributed by atoms with Crippen LogP contribution >= 0.6 is 0 Å². The molecule has 0 heterocycles. The van der Waals surface area contributed by atoms with E-state index in [1.807, 2.05) is 13.8 Å². The molecular weight excluding hydrogens is 302 g/mol. The van der Waals surface area contributed by atoms with Gasteiger partial charge in [-0.25, -0.2) is 8.42 Å². The van der Waals surface area contributed by atoms with E-state index in [0.29, 0.717) is 5.69 Å². The summed E-state index contributed by atoms with van der Waals surface area (Å²) in [5.41, 5.74) is 0.358. The number of rotatable bonds is 7. The third kappa shape index (κ3) is 5.05. The van der Waals surface area contributed by atoms with Crippen LogP contribution in [0.5, 0.6) is 0 Å². The van der Waals surface area contributed by atoms with Crippen LogP contribution in [0.4, 0.5) is 14.5 Å². The van der Waals surface area contributed by atoms with E-state index in [1.165, 1.54) is 12.1 Å². The zero-order chi connectivity index (χ0) is 16.0. The van der Waals surface area contributed by atoms with Crippen LogP contribution in [-0.4, -0.2) is 32.7 Å². The lowest BCUT2D eigenvalue weighted by atomic mass is 10.2. The van der Waals surface area contributed by atoms with Crippen molar-refractivity contribution in [3.05, 3.63) is 24.3 Å². The minimum atomic E-state index is -4.60. The molecule has 0 saturated heterocycles. The van der Waals surface area contributed by atoms with Crippen LogP contribution in [0.1, 0.15) is 20.3 Å². The highest BCUT2D eigenvalue weighted by molar-refractivity contribution is 7.91. The maximum atomic E-state index is 12.4. The molecule has 1 rings (SSSR count). The summed E-state index contributed by atoms with van der Waals surface area (Å²) < 4.78 is 47.2. The first kappa shape index (κ1) is 17.5. The highest BCUT2D eigenvalue weighted by atomic mass is 32.2. The number of carbonyl (C=O) groups excluding carboxylic acids is 1. The van der Waals surface area contributed by atoms with E-state index in [-0.39, 0.29) is 18.4 Å². The SMILES string of the molecule is CCNC(C)CC(=O)Nc1ccc(S(=O)(=O)C(F)F)cc1. The molecule has 0 aromatic heterocycles. The zero-order valence-corrected chi connectivity index (χ0v) is 12.6. The molecule has 1 amide bonds. The summed E-state index contributed by atoms with van der Waals surface area (Å²) in [6.45, 7) is 4.53. The maximum Gasteiger partial charge on any atom is 0.341 e. The van der Waals surface area contributed by atoms with E-state index < -0.39 is 20.5 Å². The van der Waals surface area contributed by atoms with Crippen molar-refractivity contribution in [1.82, 2.24) is 5.32 Å². The smallest absolute Gasteiger partial charge is 0.326 e.